The highest BCUT2D eigenvalue weighted by molar-refractivity contribution is 5.31. The molecule has 0 spiro atoms. The molecule has 0 amide bonds. The Morgan fingerprint density at radius 2 is 1.65 bits per heavy atom. The Hall–Kier alpha value is -2.22. The average molecular weight is 365 g/mol. The van der Waals surface area contributed by atoms with Crippen LogP contribution in [-0.4, -0.2) is 58.8 Å². The molecule has 0 unspecified atom stereocenters. The van der Waals surface area contributed by atoms with Crippen LogP contribution in [0.5, 0.6) is 0 Å². The van der Waals surface area contributed by atoms with Gasteiger partial charge in [0.2, 0.25) is 5.95 Å². The lowest BCUT2D eigenvalue weighted by atomic mass is 10.2. The summed E-state index contributed by atoms with van der Waals surface area (Å²) in [7, 11) is 0. The smallest absolute Gasteiger partial charge is 0.338 e. The van der Waals surface area contributed by atoms with Crippen LogP contribution in [-0.2, 0) is 12.8 Å². The van der Waals surface area contributed by atoms with E-state index in [1.807, 2.05) is 17.0 Å². The number of alkyl halides is 3. The molecule has 0 N–H and O–H groups in total. The topological polar surface area (TPSA) is 45.2 Å². The number of hydrogen-bond acceptors (Lipinski definition) is 5. The Bertz CT molecular complexity index is 685. The number of anilines is 1. The van der Waals surface area contributed by atoms with E-state index in [9.17, 15) is 13.2 Å². The second kappa shape index (κ2) is 8.44. The number of pyridine rings is 1. The summed E-state index contributed by atoms with van der Waals surface area (Å²) < 4.78 is 37.1. The highest BCUT2D eigenvalue weighted by Crippen LogP contribution is 2.22. The van der Waals surface area contributed by atoms with Crippen molar-refractivity contribution >= 4 is 5.95 Å². The molecule has 0 aliphatic carbocycles. The largest absolute Gasteiger partial charge is 0.389 e. The van der Waals surface area contributed by atoms with Gasteiger partial charge in [0.1, 0.15) is 0 Å². The van der Waals surface area contributed by atoms with Gasteiger partial charge in [-0.2, -0.15) is 13.2 Å². The molecular weight excluding hydrogens is 343 g/mol. The molecule has 1 saturated heterocycles. The van der Waals surface area contributed by atoms with Crippen LogP contribution >= 0.6 is 0 Å². The van der Waals surface area contributed by atoms with Crippen molar-refractivity contribution in [2.24, 2.45) is 0 Å². The quantitative estimate of drug-likeness (QED) is 0.788. The van der Waals surface area contributed by atoms with E-state index < -0.39 is 12.6 Å². The predicted molar refractivity (Wildman–Crippen MR) is 93.0 cm³/mol. The van der Waals surface area contributed by atoms with Crippen molar-refractivity contribution in [3.05, 3.63) is 48.0 Å². The summed E-state index contributed by atoms with van der Waals surface area (Å²) in [5.41, 5.74) is 1.70. The van der Waals surface area contributed by atoms with Crippen molar-refractivity contribution in [2.75, 3.05) is 37.6 Å². The third kappa shape index (κ3) is 5.66. The maximum atomic E-state index is 12.4. The monoisotopic (exact) mass is 365 g/mol. The minimum absolute atomic E-state index is 0.106. The zero-order chi connectivity index (χ0) is 18.4. The fraction of sp³-hybridized carbons (Fsp3) is 0.500. The molecule has 0 saturated carbocycles. The second-order valence-corrected chi connectivity index (χ2v) is 6.40. The first kappa shape index (κ1) is 18.6. The molecule has 2 aromatic heterocycles. The van der Waals surface area contributed by atoms with E-state index in [0.717, 1.165) is 39.1 Å². The fourth-order valence-corrected chi connectivity index (χ4v) is 2.95. The lowest BCUT2D eigenvalue weighted by Gasteiger charge is -2.34. The number of aryl methyl sites for hydroxylation is 1. The summed E-state index contributed by atoms with van der Waals surface area (Å²) in [5, 5.41) is 0. The van der Waals surface area contributed by atoms with Crippen molar-refractivity contribution in [1.29, 1.82) is 0 Å². The molecule has 8 heteroatoms. The standard InChI is InChI=1S/C18H22F3N5/c19-18(20,21)6-1-16-4-9-23-17(24-16)26-13-11-25(12-14-26)10-5-15-2-7-22-8-3-15/h2-4,7-9H,1,5-6,10-14H2. The summed E-state index contributed by atoms with van der Waals surface area (Å²) in [5.74, 6) is 0.526. The summed E-state index contributed by atoms with van der Waals surface area (Å²) in [6, 6.07) is 5.60. The molecule has 0 aromatic carbocycles. The molecule has 1 fully saturated rings. The van der Waals surface area contributed by atoms with Crippen LogP contribution < -0.4 is 4.90 Å². The minimum Gasteiger partial charge on any atom is -0.338 e. The molecule has 26 heavy (non-hydrogen) atoms. The second-order valence-electron chi connectivity index (χ2n) is 6.40. The number of rotatable bonds is 6. The Kier molecular flexibility index (Phi) is 6.03. The van der Waals surface area contributed by atoms with Crippen molar-refractivity contribution in [1.82, 2.24) is 19.9 Å². The molecule has 2 aromatic rings. The molecule has 0 atom stereocenters. The van der Waals surface area contributed by atoms with Gasteiger partial charge in [0, 0.05) is 63.4 Å². The van der Waals surface area contributed by atoms with E-state index in [-0.39, 0.29) is 6.42 Å². The van der Waals surface area contributed by atoms with E-state index in [4.69, 9.17) is 0 Å². The summed E-state index contributed by atoms with van der Waals surface area (Å²) in [6.45, 7) is 4.31. The van der Waals surface area contributed by atoms with Crippen LogP contribution in [0.1, 0.15) is 17.7 Å². The SMILES string of the molecule is FC(F)(F)CCc1ccnc(N2CCN(CCc3ccncc3)CC2)n1. The summed E-state index contributed by atoms with van der Waals surface area (Å²) >= 11 is 0. The fourth-order valence-electron chi connectivity index (χ4n) is 2.95. The van der Waals surface area contributed by atoms with Crippen LogP contribution in [0, 0.1) is 0 Å². The van der Waals surface area contributed by atoms with Crippen LogP contribution in [0.2, 0.25) is 0 Å². The third-order valence-electron chi connectivity index (χ3n) is 4.49. The lowest BCUT2D eigenvalue weighted by Crippen LogP contribution is -2.47. The zero-order valence-corrected chi connectivity index (χ0v) is 14.5. The highest BCUT2D eigenvalue weighted by atomic mass is 19.4. The van der Waals surface area contributed by atoms with E-state index in [2.05, 4.69) is 19.9 Å². The maximum absolute atomic E-state index is 12.4. The van der Waals surface area contributed by atoms with Gasteiger partial charge in [0.05, 0.1) is 0 Å². The van der Waals surface area contributed by atoms with Crippen LogP contribution in [0.25, 0.3) is 0 Å². The molecule has 140 valence electrons. The van der Waals surface area contributed by atoms with E-state index in [1.54, 1.807) is 24.7 Å². The van der Waals surface area contributed by atoms with Gasteiger partial charge >= 0.3 is 6.18 Å². The van der Waals surface area contributed by atoms with Gasteiger partial charge in [0.25, 0.3) is 0 Å². The predicted octanol–water partition coefficient (Wildman–Crippen LogP) is 2.73. The molecule has 3 heterocycles. The third-order valence-corrected chi connectivity index (χ3v) is 4.49. The van der Waals surface area contributed by atoms with Crippen LogP contribution in [0.3, 0.4) is 0 Å². The number of piperazine rings is 1. The Morgan fingerprint density at radius 3 is 2.35 bits per heavy atom. The van der Waals surface area contributed by atoms with Crippen molar-refractivity contribution in [3.8, 4) is 0 Å². The van der Waals surface area contributed by atoms with E-state index in [1.165, 1.54) is 5.56 Å². The molecule has 1 aliphatic rings. The van der Waals surface area contributed by atoms with Crippen molar-refractivity contribution in [3.63, 3.8) is 0 Å². The van der Waals surface area contributed by atoms with Crippen LogP contribution in [0.15, 0.2) is 36.8 Å². The van der Waals surface area contributed by atoms with Gasteiger partial charge < -0.3 is 4.90 Å². The zero-order valence-electron chi connectivity index (χ0n) is 14.5. The lowest BCUT2D eigenvalue weighted by molar-refractivity contribution is -0.134. The van der Waals surface area contributed by atoms with Crippen LogP contribution in [0.4, 0.5) is 19.1 Å². The van der Waals surface area contributed by atoms with Crippen molar-refractivity contribution < 1.29 is 13.2 Å². The van der Waals surface area contributed by atoms with Gasteiger partial charge in [-0.25, -0.2) is 9.97 Å². The van der Waals surface area contributed by atoms with Gasteiger partial charge in [-0.15, -0.1) is 0 Å². The Labute approximate surface area is 150 Å². The molecular formula is C18H22F3N5. The van der Waals surface area contributed by atoms with Crippen molar-refractivity contribution in [2.45, 2.75) is 25.4 Å². The van der Waals surface area contributed by atoms with E-state index in [0.29, 0.717) is 11.6 Å². The average Bonchev–Trinajstić information content (AvgIpc) is 2.66. The normalized spacial score (nSPS) is 16.0. The molecule has 5 nitrogen and oxygen atoms in total. The first-order chi connectivity index (χ1) is 12.5. The Morgan fingerprint density at radius 1 is 0.923 bits per heavy atom. The molecule has 1 aliphatic heterocycles. The number of nitrogens with zero attached hydrogens (tertiary/aromatic N) is 5. The first-order valence-electron chi connectivity index (χ1n) is 8.74. The summed E-state index contributed by atoms with van der Waals surface area (Å²) in [6.07, 6.45) is 1.01. The minimum atomic E-state index is -4.16. The van der Waals surface area contributed by atoms with Gasteiger partial charge in [-0.1, -0.05) is 0 Å². The first-order valence-corrected chi connectivity index (χ1v) is 8.74. The van der Waals surface area contributed by atoms with E-state index >= 15 is 0 Å². The number of hydrogen-bond donors (Lipinski definition) is 0. The molecule has 3 rings (SSSR count). The maximum Gasteiger partial charge on any atom is 0.389 e. The molecule has 0 bridgehead atoms. The highest BCUT2D eigenvalue weighted by Gasteiger charge is 2.27. The van der Waals surface area contributed by atoms with Gasteiger partial charge in [-0.05, 0) is 36.6 Å². The van der Waals surface area contributed by atoms with Gasteiger partial charge in [0.15, 0.2) is 0 Å². The summed E-state index contributed by atoms with van der Waals surface area (Å²) in [4.78, 5) is 17.0. The number of halogens is 3. The number of aromatic nitrogens is 3. The Balaban J connectivity index is 1.48. The molecule has 0 radical (unpaired) electrons. The van der Waals surface area contributed by atoms with Gasteiger partial charge in [-0.3, -0.25) is 9.88 Å².